The Morgan fingerprint density at radius 3 is 2.00 bits per heavy atom. The number of hydrogen-bond donors (Lipinski definition) is 2. The largest absolute Gasteiger partial charge is 0.358 e. The second-order valence-electron chi connectivity index (χ2n) is 7.33. The lowest BCUT2D eigenvalue weighted by molar-refractivity contribution is -0.117. The first kappa shape index (κ1) is 21.9. The molecule has 0 aliphatic rings. The highest BCUT2D eigenvalue weighted by Crippen LogP contribution is 2.22. The number of Topliss-reactive ketones (excluding diaryl/α,β-unsaturated/α-hetero) is 2. The van der Waals surface area contributed by atoms with E-state index in [1.807, 2.05) is 60.7 Å². The molecule has 0 fully saturated rings. The van der Waals surface area contributed by atoms with Gasteiger partial charge >= 0.3 is 0 Å². The van der Waals surface area contributed by atoms with Crippen LogP contribution < -0.4 is 10.7 Å². The fourth-order valence-corrected chi connectivity index (χ4v) is 3.30. The highest BCUT2D eigenvalue weighted by atomic mass is 16.2. The molecule has 0 saturated carbocycles. The molecule has 0 radical (unpaired) electrons. The fourth-order valence-electron chi connectivity index (χ4n) is 3.30. The van der Waals surface area contributed by atoms with E-state index in [0.29, 0.717) is 12.8 Å². The van der Waals surface area contributed by atoms with Crippen molar-refractivity contribution in [2.45, 2.75) is 32.2 Å². The van der Waals surface area contributed by atoms with Crippen LogP contribution in [0.25, 0.3) is 0 Å². The quantitative estimate of drug-likeness (QED) is 0.518. The summed E-state index contributed by atoms with van der Waals surface area (Å²) < 4.78 is 0. The van der Waals surface area contributed by atoms with Crippen molar-refractivity contribution < 1.29 is 14.4 Å². The number of nitrogens with one attached hydrogen (secondary N) is 2. The summed E-state index contributed by atoms with van der Waals surface area (Å²) >= 11 is 0. The summed E-state index contributed by atoms with van der Waals surface area (Å²) in [6.45, 7) is 1.47. The van der Waals surface area contributed by atoms with Gasteiger partial charge < -0.3 is 15.1 Å². The zero-order chi connectivity index (χ0) is 22.2. The Balaban J connectivity index is 1.79. The molecule has 6 heteroatoms. The van der Waals surface area contributed by atoms with Crippen molar-refractivity contribution >= 4 is 17.5 Å². The standard InChI is InChI=1S/C25H24N2O4/c1-17(28)9-8-14-22(29)21-15-23(30)20(16-26-21)25(31)27-24(18-10-4-2-5-11-18)19-12-6-3-7-13-19/h2-7,10-13,15-16,24H,8-9,14H2,1H3,(H,26,30)(H,27,31). The number of carbonyl (C=O) groups excluding carboxylic acids is 3. The lowest BCUT2D eigenvalue weighted by Gasteiger charge is -2.20. The molecule has 1 heterocycles. The van der Waals surface area contributed by atoms with Crippen LogP contribution in [-0.2, 0) is 4.79 Å². The number of ketones is 2. The van der Waals surface area contributed by atoms with E-state index < -0.39 is 17.4 Å². The van der Waals surface area contributed by atoms with Gasteiger partial charge in [0.15, 0.2) is 11.2 Å². The Labute approximate surface area is 180 Å². The minimum absolute atomic E-state index is 0.0136. The monoisotopic (exact) mass is 416 g/mol. The average molecular weight is 416 g/mol. The number of H-pyrrole nitrogens is 1. The van der Waals surface area contributed by atoms with Crippen molar-refractivity contribution in [2.75, 3.05) is 0 Å². The third kappa shape index (κ3) is 5.85. The van der Waals surface area contributed by atoms with E-state index in [4.69, 9.17) is 0 Å². The summed E-state index contributed by atoms with van der Waals surface area (Å²) in [5, 5.41) is 2.92. The van der Waals surface area contributed by atoms with E-state index in [2.05, 4.69) is 10.3 Å². The SMILES string of the molecule is CC(=O)CCCC(=O)c1cc(=O)c(C(=O)NC(c2ccccc2)c2ccccc2)c[nH]1. The number of amides is 1. The van der Waals surface area contributed by atoms with Gasteiger partial charge in [-0.1, -0.05) is 60.7 Å². The molecular formula is C25H24N2O4. The maximum Gasteiger partial charge on any atom is 0.257 e. The van der Waals surface area contributed by atoms with E-state index in [1.165, 1.54) is 13.1 Å². The minimum Gasteiger partial charge on any atom is -0.358 e. The van der Waals surface area contributed by atoms with Gasteiger partial charge in [-0.3, -0.25) is 14.4 Å². The summed E-state index contributed by atoms with van der Waals surface area (Å²) in [4.78, 5) is 51.4. The van der Waals surface area contributed by atoms with Gasteiger partial charge in [0.25, 0.3) is 5.91 Å². The molecule has 1 aromatic heterocycles. The van der Waals surface area contributed by atoms with E-state index in [9.17, 15) is 19.2 Å². The molecule has 0 saturated heterocycles. The average Bonchev–Trinajstić information content (AvgIpc) is 2.78. The van der Waals surface area contributed by atoms with Gasteiger partial charge in [-0.25, -0.2) is 0 Å². The Hall–Kier alpha value is -3.80. The maximum absolute atomic E-state index is 12.9. The Kier molecular flexibility index (Phi) is 7.27. The molecule has 0 spiro atoms. The normalized spacial score (nSPS) is 10.6. The number of aromatic amines is 1. The van der Waals surface area contributed by atoms with Crippen LogP contribution in [-0.4, -0.2) is 22.5 Å². The number of hydrogen-bond acceptors (Lipinski definition) is 4. The van der Waals surface area contributed by atoms with E-state index in [-0.39, 0.29) is 29.2 Å². The summed E-state index contributed by atoms with van der Waals surface area (Å²) in [5.74, 6) is -0.786. The zero-order valence-corrected chi connectivity index (χ0v) is 17.3. The van der Waals surface area contributed by atoms with E-state index >= 15 is 0 Å². The zero-order valence-electron chi connectivity index (χ0n) is 17.3. The maximum atomic E-state index is 12.9. The topological polar surface area (TPSA) is 96.1 Å². The molecule has 6 nitrogen and oxygen atoms in total. The smallest absolute Gasteiger partial charge is 0.257 e. The first-order valence-electron chi connectivity index (χ1n) is 10.1. The molecule has 0 atom stereocenters. The Morgan fingerprint density at radius 1 is 0.903 bits per heavy atom. The molecule has 0 aliphatic heterocycles. The molecule has 31 heavy (non-hydrogen) atoms. The van der Waals surface area contributed by atoms with Gasteiger partial charge in [0.1, 0.15) is 11.3 Å². The van der Waals surface area contributed by atoms with Crippen molar-refractivity contribution in [1.29, 1.82) is 0 Å². The number of carbonyl (C=O) groups is 3. The molecule has 2 N–H and O–H groups in total. The number of benzene rings is 2. The first-order chi connectivity index (χ1) is 15.0. The second kappa shape index (κ2) is 10.3. The Morgan fingerprint density at radius 2 is 1.48 bits per heavy atom. The number of rotatable bonds is 9. The van der Waals surface area contributed by atoms with Gasteiger partial charge in [0, 0.05) is 25.1 Å². The van der Waals surface area contributed by atoms with Crippen molar-refractivity contribution in [3.63, 3.8) is 0 Å². The van der Waals surface area contributed by atoms with Crippen LogP contribution in [0, 0.1) is 0 Å². The lowest BCUT2D eigenvalue weighted by Crippen LogP contribution is -2.33. The molecule has 2 aromatic carbocycles. The minimum atomic E-state index is -0.536. The molecule has 0 aliphatic carbocycles. The van der Waals surface area contributed by atoms with Crippen LogP contribution in [0.3, 0.4) is 0 Å². The lowest BCUT2D eigenvalue weighted by atomic mass is 9.98. The fraction of sp³-hybridized carbons (Fsp3) is 0.200. The number of pyridine rings is 1. The van der Waals surface area contributed by atoms with E-state index in [0.717, 1.165) is 17.2 Å². The molecule has 1 amide bonds. The molecular weight excluding hydrogens is 392 g/mol. The van der Waals surface area contributed by atoms with Crippen LogP contribution in [0.2, 0.25) is 0 Å². The van der Waals surface area contributed by atoms with Gasteiger partial charge in [-0.15, -0.1) is 0 Å². The third-order valence-corrected chi connectivity index (χ3v) is 4.93. The molecule has 158 valence electrons. The van der Waals surface area contributed by atoms with Crippen molar-refractivity contribution in [3.8, 4) is 0 Å². The summed E-state index contributed by atoms with van der Waals surface area (Å²) in [6, 6.07) is 19.7. The van der Waals surface area contributed by atoms with Crippen LogP contribution in [0.5, 0.6) is 0 Å². The van der Waals surface area contributed by atoms with Gasteiger partial charge in [0.2, 0.25) is 0 Å². The van der Waals surface area contributed by atoms with Crippen molar-refractivity contribution in [3.05, 3.63) is 106 Å². The summed E-state index contributed by atoms with van der Waals surface area (Å²) in [5.41, 5.74) is 1.29. The van der Waals surface area contributed by atoms with Crippen LogP contribution in [0.4, 0.5) is 0 Å². The predicted molar refractivity (Wildman–Crippen MR) is 118 cm³/mol. The van der Waals surface area contributed by atoms with Gasteiger partial charge in [-0.05, 0) is 24.5 Å². The molecule has 3 aromatic rings. The van der Waals surface area contributed by atoms with Crippen LogP contribution in [0.1, 0.15) is 64.2 Å². The Bertz CT molecular complexity index is 1080. The van der Waals surface area contributed by atoms with Crippen LogP contribution in [0.15, 0.2) is 77.7 Å². The van der Waals surface area contributed by atoms with Gasteiger partial charge in [-0.2, -0.15) is 0 Å². The summed E-state index contributed by atoms with van der Waals surface area (Å²) in [7, 11) is 0. The van der Waals surface area contributed by atoms with E-state index in [1.54, 1.807) is 0 Å². The predicted octanol–water partition coefficient (Wildman–Crippen LogP) is 3.84. The summed E-state index contributed by atoms with van der Waals surface area (Å²) in [6.07, 6.45) is 2.17. The van der Waals surface area contributed by atoms with Crippen LogP contribution >= 0.6 is 0 Å². The van der Waals surface area contributed by atoms with Crippen molar-refractivity contribution in [1.82, 2.24) is 10.3 Å². The van der Waals surface area contributed by atoms with Gasteiger partial charge in [0.05, 0.1) is 11.7 Å². The molecule has 3 rings (SSSR count). The molecule has 0 bridgehead atoms. The third-order valence-electron chi connectivity index (χ3n) is 4.93. The highest BCUT2D eigenvalue weighted by Gasteiger charge is 2.20. The highest BCUT2D eigenvalue weighted by molar-refractivity contribution is 5.97. The van der Waals surface area contributed by atoms with Crippen molar-refractivity contribution in [2.24, 2.45) is 0 Å². The number of aromatic nitrogens is 1. The molecule has 0 unspecified atom stereocenters. The second-order valence-corrected chi connectivity index (χ2v) is 7.33. The first-order valence-corrected chi connectivity index (χ1v) is 10.1.